The second kappa shape index (κ2) is 5.38. The summed E-state index contributed by atoms with van der Waals surface area (Å²) in [5.41, 5.74) is 0.0883. The molecule has 0 amide bonds. The molecule has 2 rings (SSSR count). The highest BCUT2D eigenvalue weighted by Crippen LogP contribution is 2.40. The highest BCUT2D eigenvalue weighted by atomic mass is 35.5. The Hall–Kier alpha value is -0.0600. The number of thiophene rings is 1. The maximum absolute atomic E-state index is 12.1. The van der Waals surface area contributed by atoms with Crippen LogP contribution < -0.4 is 0 Å². The van der Waals surface area contributed by atoms with Crippen molar-refractivity contribution in [3.05, 3.63) is 21.9 Å². The standard InChI is InChI=1S/C14H21ClO2S2/c1-14(2,3)12-8-7-10(18-12)13(15)11-6-4-5-9-19(11,16)17/h7-8,11,13H,4-6,9H2,1-3H3. The first-order valence-electron chi connectivity index (χ1n) is 6.68. The summed E-state index contributed by atoms with van der Waals surface area (Å²) >= 11 is 8.11. The van der Waals surface area contributed by atoms with Crippen molar-refractivity contribution in [2.75, 3.05) is 5.75 Å². The molecule has 108 valence electrons. The molecule has 2 unspecified atom stereocenters. The summed E-state index contributed by atoms with van der Waals surface area (Å²) in [6.07, 6.45) is 2.43. The Bertz CT molecular complexity index is 540. The van der Waals surface area contributed by atoms with Crippen molar-refractivity contribution < 1.29 is 8.42 Å². The molecule has 0 aliphatic carbocycles. The summed E-state index contributed by atoms with van der Waals surface area (Å²) in [6.45, 7) is 6.47. The molecule has 0 saturated carbocycles. The van der Waals surface area contributed by atoms with Gasteiger partial charge in [-0.15, -0.1) is 22.9 Å². The van der Waals surface area contributed by atoms with Gasteiger partial charge in [0.1, 0.15) is 0 Å². The molecular formula is C14H21ClO2S2. The van der Waals surface area contributed by atoms with E-state index >= 15 is 0 Å². The number of halogens is 1. The molecule has 1 aliphatic rings. The molecule has 1 fully saturated rings. The minimum atomic E-state index is -3.02. The summed E-state index contributed by atoms with van der Waals surface area (Å²) in [5, 5.41) is -0.805. The third kappa shape index (κ3) is 3.34. The van der Waals surface area contributed by atoms with Gasteiger partial charge in [-0.25, -0.2) is 8.42 Å². The van der Waals surface area contributed by atoms with Gasteiger partial charge in [-0.05, 0) is 30.4 Å². The zero-order valence-electron chi connectivity index (χ0n) is 11.6. The number of alkyl halides is 1. The number of hydrogen-bond acceptors (Lipinski definition) is 3. The molecule has 1 aromatic rings. The lowest BCUT2D eigenvalue weighted by molar-refractivity contribution is 0.535. The van der Waals surface area contributed by atoms with Gasteiger partial charge in [-0.2, -0.15) is 0 Å². The van der Waals surface area contributed by atoms with E-state index in [-0.39, 0.29) is 5.41 Å². The zero-order valence-corrected chi connectivity index (χ0v) is 14.0. The molecule has 1 saturated heterocycles. The van der Waals surface area contributed by atoms with Crippen LogP contribution in [0.5, 0.6) is 0 Å². The molecule has 2 nitrogen and oxygen atoms in total. The fourth-order valence-corrected chi connectivity index (χ4v) is 6.34. The van der Waals surface area contributed by atoms with Crippen molar-refractivity contribution in [3.63, 3.8) is 0 Å². The summed E-state index contributed by atoms with van der Waals surface area (Å²) < 4.78 is 24.2. The van der Waals surface area contributed by atoms with Gasteiger partial charge < -0.3 is 0 Å². The van der Waals surface area contributed by atoms with Crippen molar-refractivity contribution in [1.82, 2.24) is 0 Å². The van der Waals surface area contributed by atoms with Crippen LogP contribution in [0.15, 0.2) is 12.1 Å². The minimum Gasteiger partial charge on any atom is -0.228 e. The SMILES string of the molecule is CC(C)(C)c1ccc(C(Cl)C2CCCCS2(=O)=O)s1. The molecule has 19 heavy (non-hydrogen) atoms. The van der Waals surface area contributed by atoms with E-state index in [4.69, 9.17) is 11.6 Å². The molecule has 1 aromatic heterocycles. The fraction of sp³-hybridized carbons (Fsp3) is 0.714. The lowest BCUT2D eigenvalue weighted by Gasteiger charge is -2.25. The van der Waals surface area contributed by atoms with Gasteiger partial charge in [0.05, 0.1) is 16.4 Å². The van der Waals surface area contributed by atoms with Crippen molar-refractivity contribution in [1.29, 1.82) is 0 Å². The average molecular weight is 321 g/mol. The summed E-state index contributed by atoms with van der Waals surface area (Å²) in [7, 11) is -3.02. The predicted molar refractivity (Wildman–Crippen MR) is 83.0 cm³/mol. The van der Waals surface area contributed by atoms with Gasteiger partial charge in [0.2, 0.25) is 0 Å². The summed E-state index contributed by atoms with van der Waals surface area (Å²) in [5.74, 6) is 0.290. The number of sulfone groups is 1. The minimum absolute atomic E-state index is 0.0883. The highest BCUT2D eigenvalue weighted by Gasteiger charge is 2.36. The Balaban J connectivity index is 2.24. The van der Waals surface area contributed by atoms with Crippen LogP contribution >= 0.6 is 22.9 Å². The van der Waals surface area contributed by atoms with Crippen LogP contribution in [0.25, 0.3) is 0 Å². The first-order chi connectivity index (χ1) is 8.72. The Kier molecular flexibility index (Phi) is 4.34. The van der Waals surface area contributed by atoms with Gasteiger partial charge in [0.25, 0.3) is 0 Å². The first-order valence-corrected chi connectivity index (χ1v) is 9.64. The zero-order chi connectivity index (χ0) is 14.3. The van der Waals surface area contributed by atoms with Gasteiger partial charge in [-0.3, -0.25) is 0 Å². The maximum Gasteiger partial charge on any atom is 0.154 e. The summed E-state index contributed by atoms with van der Waals surface area (Å²) in [6, 6.07) is 4.07. The normalized spacial score (nSPS) is 25.2. The average Bonchev–Trinajstić information content (AvgIpc) is 2.76. The largest absolute Gasteiger partial charge is 0.228 e. The van der Waals surface area contributed by atoms with Crippen LogP contribution in [0.1, 0.15) is 55.2 Å². The monoisotopic (exact) mass is 320 g/mol. The molecular weight excluding hydrogens is 300 g/mol. The second-order valence-electron chi connectivity index (χ2n) is 6.25. The van der Waals surface area contributed by atoms with Crippen LogP contribution in [-0.4, -0.2) is 19.4 Å². The molecule has 1 aliphatic heterocycles. The van der Waals surface area contributed by atoms with Crippen molar-refractivity contribution in [3.8, 4) is 0 Å². The molecule has 2 atom stereocenters. The van der Waals surface area contributed by atoms with E-state index < -0.39 is 20.5 Å². The van der Waals surface area contributed by atoms with E-state index in [1.165, 1.54) is 4.88 Å². The van der Waals surface area contributed by atoms with Crippen molar-refractivity contribution >= 4 is 32.8 Å². The van der Waals surface area contributed by atoms with Crippen LogP contribution in [-0.2, 0) is 15.3 Å². The van der Waals surface area contributed by atoms with E-state index in [9.17, 15) is 8.42 Å². The smallest absolute Gasteiger partial charge is 0.154 e. The molecule has 5 heteroatoms. The molecule has 0 N–H and O–H groups in total. The Labute approximate surface area is 125 Å². The van der Waals surface area contributed by atoms with Crippen LogP contribution in [0.2, 0.25) is 0 Å². The number of hydrogen-bond donors (Lipinski definition) is 0. The topological polar surface area (TPSA) is 34.1 Å². The number of rotatable bonds is 2. The fourth-order valence-electron chi connectivity index (χ4n) is 2.40. The Morgan fingerprint density at radius 2 is 2.00 bits per heavy atom. The molecule has 0 aromatic carbocycles. The first kappa shape index (κ1) is 15.3. The Morgan fingerprint density at radius 3 is 2.53 bits per heavy atom. The maximum atomic E-state index is 12.1. The van der Waals surface area contributed by atoms with E-state index in [2.05, 4.69) is 26.8 Å². The van der Waals surface area contributed by atoms with Gasteiger partial charge in [-0.1, -0.05) is 27.2 Å². The van der Waals surface area contributed by atoms with Crippen LogP contribution in [0, 0.1) is 0 Å². The third-order valence-electron chi connectivity index (χ3n) is 3.59. The van der Waals surface area contributed by atoms with E-state index in [1.54, 1.807) is 11.3 Å². The van der Waals surface area contributed by atoms with Gasteiger partial charge in [0.15, 0.2) is 9.84 Å². The highest BCUT2D eigenvalue weighted by molar-refractivity contribution is 7.92. The van der Waals surface area contributed by atoms with Crippen LogP contribution in [0.4, 0.5) is 0 Å². The van der Waals surface area contributed by atoms with Crippen molar-refractivity contribution in [2.45, 2.75) is 56.1 Å². The molecule has 0 bridgehead atoms. The third-order valence-corrected chi connectivity index (χ3v) is 8.29. The van der Waals surface area contributed by atoms with Crippen LogP contribution in [0.3, 0.4) is 0 Å². The quantitative estimate of drug-likeness (QED) is 0.762. The van der Waals surface area contributed by atoms with Crippen molar-refractivity contribution in [2.24, 2.45) is 0 Å². The lowest BCUT2D eigenvalue weighted by Crippen LogP contribution is -2.31. The second-order valence-corrected chi connectivity index (χ2v) is 10.2. The summed E-state index contributed by atoms with van der Waals surface area (Å²) in [4.78, 5) is 2.24. The van der Waals surface area contributed by atoms with E-state index in [0.29, 0.717) is 12.2 Å². The Morgan fingerprint density at radius 1 is 1.32 bits per heavy atom. The van der Waals surface area contributed by atoms with Gasteiger partial charge in [0, 0.05) is 9.75 Å². The van der Waals surface area contributed by atoms with E-state index in [0.717, 1.165) is 17.7 Å². The predicted octanol–water partition coefficient (Wildman–Crippen LogP) is 4.29. The van der Waals surface area contributed by atoms with Gasteiger partial charge >= 0.3 is 0 Å². The molecule has 0 spiro atoms. The molecule has 0 radical (unpaired) electrons. The molecule has 2 heterocycles. The lowest BCUT2D eigenvalue weighted by atomic mass is 9.95. The van der Waals surface area contributed by atoms with E-state index in [1.807, 2.05) is 6.07 Å².